The summed E-state index contributed by atoms with van der Waals surface area (Å²) in [6, 6.07) is 1.92. The fourth-order valence-corrected chi connectivity index (χ4v) is 1.89. The molecule has 6 heteroatoms. The van der Waals surface area contributed by atoms with Gasteiger partial charge in [0.2, 0.25) is 0 Å². The summed E-state index contributed by atoms with van der Waals surface area (Å²) in [6.07, 6.45) is 1.47. The molecule has 2 heterocycles. The molecule has 0 bridgehead atoms. The lowest BCUT2D eigenvalue weighted by Gasteiger charge is -2.04. The number of anilines is 1. The number of ether oxygens (including phenoxy) is 1. The Kier molecular flexibility index (Phi) is 2.77. The summed E-state index contributed by atoms with van der Waals surface area (Å²) < 4.78 is 4.52. The third kappa shape index (κ3) is 2.04. The third-order valence-corrected chi connectivity index (χ3v) is 2.71. The molecule has 0 radical (unpaired) electrons. The zero-order valence-electron chi connectivity index (χ0n) is 8.06. The van der Waals surface area contributed by atoms with Crippen molar-refractivity contribution in [1.29, 1.82) is 0 Å². The Morgan fingerprint density at radius 3 is 3.27 bits per heavy atom. The molecule has 0 aliphatic carbocycles. The van der Waals surface area contributed by atoms with E-state index < -0.39 is 0 Å². The molecule has 5 nitrogen and oxygen atoms in total. The summed E-state index contributed by atoms with van der Waals surface area (Å²) in [5.41, 5.74) is 0. The highest BCUT2D eigenvalue weighted by atomic mass is 32.1. The molecule has 0 atom stereocenters. The Bertz CT molecular complexity index is 483. The van der Waals surface area contributed by atoms with Gasteiger partial charge in [0.05, 0.1) is 12.5 Å². The highest BCUT2D eigenvalue weighted by molar-refractivity contribution is 7.16. The first kappa shape index (κ1) is 9.85. The maximum absolute atomic E-state index is 10.9. The summed E-state index contributed by atoms with van der Waals surface area (Å²) in [6.45, 7) is 0.110. The summed E-state index contributed by atoms with van der Waals surface area (Å²) in [5.74, 6) is 0.337. The van der Waals surface area contributed by atoms with Gasteiger partial charge in [0.25, 0.3) is 0 Å². The van der Waals surface area contributed by atoms with E-state index in [1.807, 2.05) is 11.4 Å². The average Bonchev–Trinajstić information content (AvgIpc) is 2.74. The van der Waals surface area contributed by atoms with Crippen molar-refractivity contribution >= 4 is 33.3 Å². The number of methoxy groups -OCH3 is 1. The van der Waals surface area contributed by atoms with Gasteiger partial charge in [-0.1, -0.05) is 0 Å². The average molecular weight is 223 g/mol. The minimum Gasteiger partial charge on any atom is -0.468 e. The van der Waals surface area contributed by atoms with Gasteiger partial charge in [-0.15, -0.1) is 11.3 Å². The lowest BCUT2D eigenvalue weighted by Crippen LogP contribution is -2.15. The van der Waals surface area contributed by atoms with Crippen LogP contribution in [0.3, 0.4) is 0 Å². The Balaban J connectivity index is 2.20. The second-order valence-corrected chi connectivity index (χ2v) is 3.69. The van der Waals surface area contributed by atoms with E-state index in [1.54, 1.807) is 0 Å². The number of carbonyl (C=O) groups is 1. The summed E-state index contributed by atoms with van der Waals surface area (Å²) in [4.78, 5) is 20.0. The topological polar surface area (TPSA) is 64.1 Å². The summed E-state index contributed by atoms with van der Waals surface area (Å²) in [7, 11) is 1.35. The molecule has 0 saturated carbocycles. The van der Waals surface area contributed by atoms with Crippen LogP contribution in [0.1, 0.15) is 0 Å². The number of rotatable bonds is 3. The molecular formula is C9H9N3O2S. The van der Waals surface area contributed by atoms with Crippen molar-refractivity contribution in [1.82, 2.24) is 9.97 Å². The third-order valence-electron chi connectivity index (χ3n) is 1.89. The van der Waals surface area contributed by atoms with Gasteiger partial charge in [-0.25, -0.2) is 9.97 Å². The summed E-state index contributed by atoms with van der Waals surface area (Å²) in [5, 5.41) is 5.76. The van der Waals surface area contributed by atoms with Gasteiger partial charge in [0.15, 0.2) is 0 Å². The van der Waals surface area contributed by atoms with Crippen LogP contribution in [0.5, 0.6) is 0 Å². The second-order valence-electron chi connectivity index (χ2n) is 2.79. The van der Waals surface area contributed by atoms with Gasteiger partial charge in [-0.2, -0.15) is 0 Å². The first-order valence-corrected chi connectivity index (χ1v) is 5.18. The highest BCUT2D eigenvalue weighted by Crippen LogP contribution is 2.23. The maximum Gasteiger partial charge on any atom is 0.325 e. The lowest BCUT2D eigenvalue weighted by atomic mass is 10.4. The van der Waals surface area contributed by atoms with Gasteiger partial charge in [0, 0.05) is 0 Å². The molecule has 0 spiro atoms. The van der Waals surface area contributed by atoms with Crippen molar-refractivity contribution < 1.29 is 9.53 Å². The molecule has 2 aromatic rings. The van der Waals surface area contributed by atoms with Crippen LogP contribution in [0.15, 0.2) is 17.8 Å². The van der Waals surface area contributed by atoms with E-state index in [1.165, 1.54) is 24.8 Å². The lowest BCUT2D eigenvalue weighted by molar-refractivity contribution is -0.138. The Hall–Kier alpha value is -1.69. The smallest absolute Gasteiger partial charge is 0.325 e. The van der Waals surface area contributed by atoms with Crippen LogP contribution < -0.4 is 5.32 Å². The zero-order chi connectivity index (χ0) is 10.7. The van der Waals surface area contributed by atoms with Gasteiger partial charge in [-0.3, -0.25) is 4.79 Å². The van der Waals surface area contributed by atoms with Gasteiger partial charge < -0.3 is 10.1 Å². The highest BCUT2D eigenvalue weighted by Gasteiger charge is 2.06. The molecule has 1 N–H and O–H groups in total. The molecular weight excluding hydrogens is 214 g/mol. The van der Waals surface area contributed by atoms with Crippen LogP contribution in [-0.4, -0.2) is 29.6 Å². The normalized spacial score (nSPS) is 10.2. The molecule has 0 aliphatic rings. The minimum absolute atomic E-state index is 0.110. The van der Waals surface area contributed by atoms with E-state index in [2.05, 4.69) is 20.0 Å². The molecule has 78 valence electrons. The van der Waals surface area contributed by atoms with Crippen molar-refractivity contribution in [3.05, 3.63) is 17.8 Å². The molecule has 15 heavy (non-hydrogen) atoms. The Morgan fingerprint density at radius 1 is 1.60 bits per heavy atom. The van der Waals surface area contributed by atoms with E-state index in [0.717, 1.165) is 10.2 Å². The van der Waals surface area contributed by atoms with Gasteiger partial charge in [-0.05, 0) is 11.4 Å². The van der Waals surface area contributed by atoms with E-state index in [9.17, 15) is 4.79 Å². The molecule has 0 unspecified atom stereocenters. The maximum atomic E-state index is 10.9. The van der Waals surface area contributed by atoms with E-state index in [4.69, 9.17) is 0 Å². The van der Waals surface area contributed by atoms with Crippen molar-refractivity contribution in [2.75, 3.05) is 19.0 Å². The number of nitrogens with zero attached hydrogens (tertiary/aromatic N) is 2. The number of hydrogen-bond donors (Lipinski definition) is 1. The first-order valence-electron chi connectivity index (χ1n) is 4.30. The van der Waals surface area contributed by atoms with Crippen molar-refractivity contribution in [2.45, 2.75) is 0 Å². The standard InChI is InChI=1S/C9H9N3O2S/c1-14-7(13)4-10-8-6-2-3-15-9(6)12-5-11-8/h2-3,5H,4H2,1H3,(H,10,11,12). The van der Waals surface area contributed by atoms with Crippen LogP contribution in [0.25, 0.3) is 10.2 Å². The SMILES string of the molecule is COC(=O)CNc1ncnc2sccc12. The molecule has 2 rings (SSSR count). The summed E-state index contributed by atoms with van der Waals surface area (Å²) >= 11 is 1.53. The molecule has 0 fully saturated rings. The predicted molar refractivity (Wildman–Crippen MR) is 57.9 cm³/mol. The predicted octanol–water partition coefficient (Wildman–Crippen LogP) is 1.28. The Labute approximate surface area is 90.1 Å². The molecule has 0 aromatic carbocycles. The number of esters is 1. The van der Waals surface area contributed by atoms with Crippen LogP contribution in [0, 0.1) is 0 Å². The quantitative estimate of drug-likeness (QED) is 0.794. The second kappa shape index (κ2) is 4.22. The number of fused-ring (bicyclic) bond motifs is 1. The monoisotopic (exact) mass is 223 g/mol. The van der Waals surface area contributed by atoms with Crippen molar-refractivity contribution in [2.24, 2.45) is 0 Å². The Morgan fingerprint density at radius 2 is 2.47 bits per heavy atom. The number of thiophene rings is 1. The van der Waals surface area contributed by atoms with E-state index in [0.29, 0.717) is 5.82 Å². The fraction of sp³-hybridized carbons (Fsp3) is 0.222. The van der Waals surface area contributed by atoms with Crippen LogP contribution in [0.4, 0.5) is 5.82 Å². The van der Waals surface area contributed by atoms with Gasteiger partial charge in [0.1, 0.15) is 23.5 Å². The first-order chi connectivity index (χ1) is 7.31. The van der Waals surface area contributed by atoms with E-state index >= 15 is 0 Å². The number of carbonyl (C=O) groups excluding carboxylic acids is 1. The van der Waals surface area contributed by atoms with Crippen LogP contribution >= 0.6 is 11.3 Å². The zero-order valence-corrected chi connectivity index (χ0v) is 8.87. The van der Waals surface area contributed by atoms with E-state index in [-0.39, 0.29) is 12.5 Å². The molecule has 0 aliphatic heterocycles. The van der Waals surface area contributed by atoms with Gasteiger partial charge >= 0.3 is 5.97 Å². The molecule has 0 amide bonds. The molecule has 2 aromatic heterocycles. The fourth-order valence-electron chi connectivity index (χ4n) is 1.16. The largest absolute Gasteiger partial charge is 0.468 e. The number of nitrogens with one attached hydrogen (secondary N) is 1. The minimum atomic E-state index is -0.322. The number of hydrogen-bond acceptors (Lipinski definition) is 6. The van der Waals surface area contributed by atoms with Crippen LogP contribution in [-0.2, 0) is 9.53 Å². The molecule has 0 saturated heterocycles. The van der Waals surface area contributed by atoms with Crippen molar-refractivity contribution in [3.8, 4) is 0 Å². The van der Waals surface area contributed by atoms with Crippen LogP contribution in [0.2, 0.25) is 0 Å². The number of aromatic nitrogens is 2. The van der Waals surface area contributed by atoms with Crippen molar-refractivity contribution in [3.63, 3.8) is 0 Å².